The van der Waals surface area contributed by atoms with Gasteiger partial charge in [0.1, 0.15) is 43.2 Å². The molecule has 0 aliphatic heterocycles. The van der Waals surface area contributed by atoms with Crippen LogP contribution in [0.3, 0.4) is 0 Å². The van der Waals surface area contributed by atoms with Gasteiger partial charge in [-0.2, -0.15) is 0 Å². The molecule has 1 rings (SSSR count). The Morgan fingerprint density at radius 3 is 1.48 bits per heavy atom. The maximum Gasteiger partial charge on any atom is 0.472 e. The minimum Gasteiger partial charge on any atom is -0.462 e. The molecule has 13 nitrogen and oxygen atoms in total. The smallest absolute Gasteiger partial charge is 0.462 e. The second kappa shape index (κ2) is 36.5. The third-order valence-corrected chi connectivity index (χ3v) is 10.7. The number of ether oxygens (including phenoxy) is 2. The highest BCUT2D eigenvalue weighted by Gasteiger charge is 2.51. The van der Waals surface area contributed by atoms with Gasteiger partial charge in [-0.1, -0.05) is 131 Å². The van der Waals surface area contributed by atoms with Crippen molar-refractivity contribution in [1.29, 1.82) is 0 Å². The molecule has 0 aromatic rings. The Bertz CT molecular complexity index is 1390. The fourth-order valence-corrected chi connectivity index (χ4v) is 7.09. The lowest BCUT2D eigenvalue weighted by Gasteiger charge is -2.41. The number of carbonyl (C=O) groups is 2. The maximum absolute atomic E-state index is 12.8. The Labute approximate surface area is 365 Å². The summed E-state index contributed by atoms with van der Waals surface area (Å²) < 4.78 is 33.4. The van der Waals surface area contributed by atoms with Crippen molar-refractivity contribution >= 4 is 19.8 Å². The maximum atomic E-state index is 12.8. The van der Waals surface area contributed by atoms with Gasteiger partial charge in [-0.25, -0.2) is 4.57 Å². The van der Waals surface area contributed by atoms with Crippen LogP contribution in [0.4, 0.5) is 0 Å². The van der Waals surface area contributed by atoms with E-state index in [1.165, 1.54) is 19.3 Å². The summed E-state index contributed by atoms with van der Waals surface area (Å²) in [5.41, 5.74) is 0. The number of hydrogen-bond acceptors (Lipinski definition) is 12. The van der Waals surface area contributed by atoms with Gasteiger partial charge < -0.3 is 39.9 Å². The first kappa shape index (κ1) is 56.0. The number of phosphoric acid groups is 1. The van der Waals surface area contributed by atoms with Gasteiger partial charge in [0, 0.05) is 12.8 Å². The number of rotatable bonds is 35. The van der Waals surface area contributed by atoms with Gasteiger partial charge in [-0.3, -0.25) is 18.6 Å². The highest BCUT2D eigenvalue weighted by molar-refractivity contribution is 7.47. The van der Waals surface area contributed by atoms with Crippen molar-refractivity contribution in [3.8, 4) is 0 Å². The first-order valence-corrected chi connectivity index (χ1v) is 23.9. The quantitative estimate of drug-likeness (QED) is 0.0153. The van der Waals surface area contributed by atoms with Gasteiger partial charge in [-0.15, -0.1) is 0 Å². The predicted molar refractivity (Wildman–Crippen MR) is 239 cm³/mol. The average molecular weight is 881 g/mol. The molecule has 0 aromatic carbocycles. The molecular formula is C47H77O13P. The van der Waals surface area contributed by atoms with E-state index in [1.807, 2.05) is 12.2 Å². The van der Waals surface area contributed by atoms with Crippen molar-refractivity contribution < 1.29 is 63.1 Å². The van der Waals surface area contributed by atoms with E-state index in [0.29, 0.717) is 19.3 Å². The summed E-state index contributed by atoms with van der Waals surface area (Å²) in [7, 11) is -5.14. The number of allylic oxidation sites excluding steroid dienone is 14. The molecule has 0 aromatic heterocycles. The zero-order valence-electron chi connectivity index (χ0n) is 36.7. The fourth-order valence-electron chi connectivity index (χ4n) is 6.12. The molecule has 1 saturated carbocycles. The van der Waals surface area contributed by atoms with Crippen LogP contribution in [0.5, 0.6) is 0 Å². The average Bonchev–Trinajstić information content (AvgIpc) is 3.24. The van der Waals surface area contributed by atoms with Crippen LogP contribution in [0.25, 0.3) is 0 Å². The zero-order valence-corrected chi connectivity index (χ0v) is 37.6. The largest absolute Gasteiger partial charge is 0.472 e. The molecule has 61 heavy (non-hydrogen) atoms. The Kier molecular flexibility index (Phi) is 33.5. The van der Waals surface area contributed by atoms with E-state index in [0.717, 1.165) is 77.0 Å². The van der Waals surface area contributed by atoms with Crippen molar-refractivity contribution in [3.63, 3.8) is 0 Å². The molecule has 0 radical (unpaired) electrons. The summed E-state index contributed by atoms with van der Waals surface area (Å²) in [5, 5.41) is 50.1. The number of hydrogen-bond donors (Lipinski definition) is 6. The van der Waals surface area contributed by atoms with Crippen LogP contribution < -0.4 is 0 Å². The molecule has 1 fully saturated rings. The van der Waals surface area contributed by atoms with Gasteiger partial charge in [0.2, 0.25) is 0 Å². The van der Waals surface area contributed by atoms with Gasteiger partial charge in [0.05, 0.1) is 6.61 Å². The molecule has 1 aliphatic rings. The standard InChI is InChI=1S/C47H77O13P/c1-3-5-7-9-11-13-15-17-19-20-22-23-25-27-29-31-33-35-40(48)57-37-39(38-58-61(55,56)60-47-45(53)43(51)42(50)44(52)46(47)54)59-41(49)36-34-32-30-28-26-24-21-18-16-14-12-10-8-6-4-2/h6,8,11-14,17-19,21-23,27,29,39,42-47,50-54H,3-5,7,9-10,15-16,20,24-26,28,30-38H2,1-2H3,(H,55,56)/b8-6+,13-11+,14-12+,19-17+,21-18+,23-22+,29-27+/t39-,42?,43-,44?,45?,46?,47?/m0/s1. The lowest BCUT2D eigenvalue weighted by molar-refractivity contribution is -0.220. The van der Waals surface area contributed by atoms with Crippen molar-refractivity contribution in [2.45, 2.75) is 185 Å². The van der Waals surface area contributed by atoms with E-state index in [-0.39, 0.29) is 12.8 Å². The summed E-state index contributed by atoms with van der Waals surface area (Å²) in [6.45, 7) is 3.08. The van der Waals surface area contributed by atoms with E-state index < -0.39 is 75.7 Å². The second-order valence-corrected chi connectivity index (χ2v) is 16.6. The van der Waals surface area contributed by atoms with Crippen molar-refractivity contribution in [2.75, 3.05) is 13.2 Å². The van der Waals surface area contributed by atoms with Crippen LogP contribution in [0.2, 0.25) is 0 Å². The fraction of sp³-hybridized carbons (Fsp3) is 0.660. The molecule has 14 heteroatoms. The van der Waals surface area contributed by atoms with Gasteiger partial charge in [0.15, 0.2) is 6.10 Å². The van der Waals surface area contributed by atoms with Crippen LogP contribution in [0.15, 0.2) is 85.1 Å². The summed E-state index contributed by atoms with van der Waals surface area (Å²) in [6.07, 6.45) is 33.6. The van der Waals surface area contributed by atoms with Crippen molar-refractivity contribution in [2.24, 2.45) is 0 Å². The molecule has 0 spiro atoms. The van der Waals surface area contributed by atoms with Crippen LogP contribution in [0, 0.1) is 0 Å². The number of esters is 2. The summed E-state index contributed by atoms with van der Waals surface area (Å²) in [5.74, 6) is -1.19. The molecule has 6 N–H and O–H groups in total. The van der Waals surface area contributed by atoms with Crippen LogP contribution in [-0.2, 0) is 32.7 Å². The van der Waals surface area contributed by atoms with E-state index in [4.69, 9.17) is 18.5 Å². The van der Waals surface area contributed by atoms with Crippen molar-refractivity contribution in [3.05, 3.63) is 85.1 Å². The molecule has 0 bridgehead atoms. The normalized spacial score (nSPS) is 22.8. The predicted octanol–water partition coefficient (Wildman–Crippen LogP) is 8.50. The van der Waals surface area contributed by atoms with E-state index in [9.17, 15) is 44.6 Å². The number of aliphatic hydroxyl groups is 5. The highest BCUT2D eigenvalue weighted by atomic mass is 31.2. The highest BCUT2D eigenvalue weighted by Crippen LogP contribution is 2.47. The molecular weight excluding hydrogens is 803 g/mol. The molecule has 6 unspecified atom stereocenters. The van der Waals surface area contributed by atoms with E-state index in [1.54, 1.807) is 0 Å². The number of aliphatic hydroxyl groups excluding tert-OH is 5. The molecule has 348 valence electrons. The first-order chi connectivity index (χ1) is 29.4. The first-order valence-electron chi connectivity index (χ1n) is 22.4. The van der Waals surface area contributed by atoms with Gasteiger partial charge >= 0.3 is 19.8 Å². The summed E-state index contributed by atoms with van der Waals surface area (Å²) in [4.78, 5) is 35.6. The van der Waals surface area contributed by atoms with E-state index >= 15 is 0 Å². The number of unbranched alkanes of at least 4 members (excludes halogenated alkanes) is 9. The minimum absolute atomic E-state index is 0.0606. The lowest BCUT2D eigenvalue weighted by Crippen LogP contribution is -2.64. The number of carbonyl (C=O) groups excluding carboxylic acids is 2. The monoisotopic (exact) mass is 881 g/mol. The van der Waals surface area contributed by atoms with Crippen LogP contribution in [-0.4, -0.2) is 98.3 Å². The molecule has 8 atom stereocenters. The Morgan fingerprint density at radius 2 is 0.951 bits per heavy atom. The van der Waals surface area contributed by atoms with Crippen LogP contribution >= 0.6 is 7.82 Å². The Balaban J connectivity index is 2.54. The van der Waals surface area contributed by atoms with Gasteiger partial charge in [0.25, 0.3) is 0 Å². The lowest BCUT2D eigenvalue weighted by atomic mass is 9.85. The Hall–Kier alpha value is -2.97. The summed E-state index contributed by atoms with van der Waals surface area (Å²) in [6, 6.07) is 0. The topological polar surface area (TPSA) is 210 Å². The van der Waals surface area contributed by atoms with Gasteiger partial charge in [-0.05, 0) is 83.5 Å². The third-order valence-electron chi connectivity index (χ3n) is 9.72. The zero-order chi connectivity index (χ0) is 45.0. The molecule has 1 aliphatic carbocycles. The van der Waals surface area contributed by atoms with Crippen LogP contribution in [0.1, 0.15) is 142 Å². The van der Waals surface area contributed by atoms with Crippen molar-refractivity contribution in [1.82, 2.24) is 0 Å². The SMILES string of the molecule is CC/C=C/C/C=C/C/C=C/CCCCCCCC(=O)O[C@@H](COC(=O)CCC/C=C/C/C=C/C/C=C/C/C=C/CCCCC)COP(=O)(O)OC1C(O)C(O)C(O)[C@H](O)C1O. The molecule has 0 amide bonds. The molecule has 0 saturated heterocycles. The Morgan fingerprint density at radius 1 is 0.525 bits per heavy atom. The minimum atomic E-state index is -5.14. The third kappa shape index (κ3) is 29.1. The van der Waals surface area contributed by atoms with E-state index in [2.05, 4.69) is 86.8 Å². The molecule has 0 heterocycles. The summed E-state index contributed by atoms with van der Waals surface area (Å²) >= 11 is 0. The second-order valence-electron chi connectivity index (χ2n) is 15.2. The number of phosphoric ester groups is 1.